The van der Waals surface area contributed by atoms with E-state index in [-0.39, 0.29) is 5.91 Å². The molecule has 0 aromatic carbocycles. The highest BCUT2D eigenvalue weighted by Crippen LogP contribution is 1.96. The molecule has 1 heterocycles. The maximum Gasteiger partial charge on any atom is 0.236 e. The largest absolute Gasteiger partial charge is 0.378 e. The van der Waals surface area contributed by atoms with Gasteiger partial charge in [0.1, 0.15) is 0 Å². The fourth-order valence-corrected chi connectivity index (χ4v) is 1.38. The van der Waals surface area contributed by atoms with E-state index in [1.165, 1.54) is 5.57 Å². The van der Waals surface area contributed by atoms with Crippen LogP contribution in [-0.4, -0.2) is 50.2 Å². The van der Waals surface area contributed by atoms with E-state index >= 15 is 0 Å². The molecule has 0 aromatic heterocycles. The molecule has 1 aliphatic heterocycles. The second kappa shape index (κ2) is 6.58. The Morgan fingerprint density at radius 3 is 2.67 bits per heavy atom. The van der Waals surface area contributed by atoms with E-state index in [0.29, 0.717) is 19.8 Å². The van der Waals surface area contributed by atoms with Crippen molar-refractivity contribution in [1.29, 1.82) is 0 Å². The molecule has 0 aliphatic carbocycles. The molecular formula is C11H20N2O2. The summed E-state index contributed by atoms with van der Waals surface area (Å²) in [4.78, 5) is 13.5. The highest BCUT2D eigenvalue weighted by Gasteiger charge is 2.15. The van der Waals surface area contributed by atoms with Gasteiger partial charge in [0.2, 0.25) is 5.91 Å². The van der Waals surface area contributed by atoms with Crippen LogP contribution in [0.3, 0.4) is 0 Å². The van der Waals surface area contributed by atoms with Crippen molar-refractivity contribution in [2.45, 2.75) is 13.8 Å². The molecule has 0 saturated carbocycles. The van der Waals surface area contributed by atoms with Crippen LogP contribution in [0.1, 0.15) is 13.8 Å². The first-order valence-electron chi connectivity index (χ1n) is 5.40. The van der Waals surface area contributed by atoms with Crippen LogP contribution in [0.25, 0.3) is 0 Å². The van der Waals surface area contributed by atoms with Gasteiger partial charge in [0, 0.05) is 19.6 Å². The lowest BCUT2D eigenvalue weighted by Crippen LogP contribution is -2.44. The minimum atomic E-state index is 0.167. The third kappa shape index (κ3) is 4.95. The number of allylic oxidation sites excluding steroid dienone is 1. The van der Waals surface area contributed by atoms with Crippen LogP contribution in [0.2, 0.25) is 0 Å². The van der Waals surface area contributed by atoms with Gasteiger partial charge in [0.25, 0.3) is 0 Å². The molecule has 0 atom stereocenters. The fourth-order valence-electron chi connectivity index (χ4n) is 1.38. The van der Waals surface area contributed by atoms with E-state index in [1.807, 2.05) is 18.7 Å². The van der Waals surface area contributed by atoms with Crippen molar-refractivity contribution >= 4 is 5.91 Å². The first-order chi connectivity index (χ1) is 7.20. The molecule has 1 saturated heterocycles. The van der Waals surface area contributed by atoms with E-state index in [1.54, 1.807) is 0 Å². The van der Waals surface area contributed by atoms with Gasteiger partial charge in [0.15, 0.2) is 0 Å². The van der Waals surface area contributed by atoms with Crippen LogP contribution >= 0.6 is 0 Å². The first kappa shape index (κ1) is 12.2. The highest BCUT2D eigenvalue weighted by molar-refractivity contribution is 5.78. The number of morpholine rings is 1. The zero-order valence-corrected chi connectivity index (χ0v) is 9.58. The van der Waals surface area contributed by atoms with Crippen LogP contribution in [0.4, 0.5) is 0 Å². The molecule has 1 fully saturated rings. The maximum atomic E-state index is 11.6. The normalized spacial score (nSPS) is 16.3. The molecule has 1 amide bonds. The summed E-state index contributed by atoms with van der Waals surface area (Å²) in [5, 5.41) is 3.11. The number of nitrogens with one attached hydrogen (secondary N) is 1. The van der Waals surface area contributed by atoms with Crippen molar-refractivity contribution in [3.05, 3.63) is 11.6 Å². The first-order valence-corrected chi connectivity index (χ1v) is 5.40. The highest BCUT2D eigenvalue weighted by atomic mass is 16.5. The summed E-state index contributed by atoms with van der Waals surface area (Å²) in [5.41, 5.74) is 1.27. The van der Waals surface area contributed by atoms with E-state index in [4.69, 9.17) is 4.74 Å². The molecule has 0 spiro atoms. The molecule has 1 rings (SSSR count). The molecule has 4 heteroatoms. The van der Waals surface area contributed by atoms with Crippen LogP contribution in [0.15, 0.2) is 11.6 Å². The van der Waals surface area contributed by atoms with Gasteiger partial charge in [-0.25, -0.2) is 0 Å². The number of ether oxygens (including phenoxy) is 1. The Morgan fingerprint density at radius 1 is 1.40 bits per heavy atom. The number of carbonyl (C=O) groups excluding carboxylic acids is 1. The smallest absolute Gasteiger partial charge is 0.236 e. The molecule has 86 valence electrons. The Bertz CT molecular complexity index is 229. The van der Waals surface area contributed by atoms with E-state index in [0.717, 1.165) is 19.6 Å². The summed E-state index contributed by atoms with van der Waals surface area (Å²) in [7, 11) is 0. The quantitative estimate of drug-likeness (QED) is 0.542. The number of hydrogen-bond acceptors (Lipinski definition) is 3. The lowest BCUT2D eigenvalue weighted by atomic mass is 10.3. The third-order valence-electron chi connectivity index (χ3n) is 2.29. The molecule has 0 bridgehead atoms. The summed E-state index contributed by atoms with van der Waals surface area (Å²) < 4.78 is 5.18. The van der Waals surface area contributed by atoms with Gasteiger partial charge in [-0.3, -0.25) is 4.79 Å². The maximum absolute atomic E-state index is 11.6. The number of hydrogen-bond donors (Lipinski definition) is 1. The standard InChI is InChI=1S/C11H20N2O2/c1-10(2)3-4-12-9-11(14)13-5-7-15-8-6-13/h3,12H,4-9H2,1-2H3. The van der Waals surface area contributed by atoms with E-state index < -0.39 is 0 Å². The summed E-state index contributed by atoms with van der Waals surface area (Å²) in [6, 6.07) is 0. The molecule has 1 aliphatic rings. The fraction of sp³-hybridized carbons (Fsp3) is 0.727. The average Bonchev–Trinajstić information content (AvgIpc) is 2.25. The lowest BCUT2D eigenvalue weighted by Gasteiger charge is -2.26. The van der Waals surface area contributed by atoms with Gasteiger partial charge >= 0.3 is 0 Å². The van der Waals surface area contributed by atoms with Gasteiger partial charge in [-0.15, -0.1) is 0 Å². The zero-order valence-electron chi connectivity index (χ0n) is 9.58. The molecule has 15 heavy (non-hydrogen) atoms. The van der Waals surface area contributed by atoms with Crippen molar-refractivity contribution < 1.29 is 9.53 Å². The second-order valence-electron chi connectivity index (χ2n) is 3.91. The van der Waals surface area contributed by atoms with Crippen LogP contribution in [0.5, 0.6) is 0 Å². The van der Waals surface area contributed by atoms with E-state index in [9.17, 15) is 4.79 Å². The second-order valence-corrected chi connectivity index (χ2v) is 3.91. The molecule has 0 unspecified atom stereocenters. The Balaban J connectivity index is 2.15. The van der Waals surface area contributed by atoms with Gasteiger partial charge < -0.3 is 15.0 Å². The van der Waals surface area contributed by atoms with Crippen molar-refractivity contribution in [2.24, 2.45) is 0 Å². The Labute approximate surface area is 91.3 Å². The number of carbonyl (C=O) groups is 1. The zero-order chi connectivity index (χ0) is 11.1. The summed E-state index contributed by atoms with van der Waals surface area (Å²) in [6.07, 6.45) is 2.08. The lowest BCUT2D eigenvalue weighted by molar-refractivity contribution is -0.134. The summed E-state index contributed by atoms with van der Waals surface area (Å²) >= 11 is 0. The monoisotopic (exact) mass is 212 g/mol. The minimum absolute atomic E-state index is 0.167. The number of nitrogens with zero attached hydrogens (tertiary/aromatic N) is 1. The molecule has 0 aromatic rings. The van der Waals surface area contributed by atoms with E-state index in [2.05, 4.69) is 11.4 Å². The Kier molecular flexibility index (Phi) is 5.36. The number of amides is 1. The summed E-state index contributed by atoms with van der Waals surface area (Å²) in [5.74, 6) is 0.167. The van der Waals surface area contributed by atoms with Crippen molar-refractivity contribution in [3.63, 3.8) is 0 Å². The van der Waals surface area contributed by atoms with Crippen molar-refractivity contribution in [3.8, 4) is 0 Å². The van der Waals surface area contributed by atoms with Gasteiger partial charge in [0.05, 0.1) is 19.8 Å². The Morgan fingerprint density at radius 2 is 2.07 bits per heavy atom. The van der Waals surface area contributed by atoms with Gasteiger partial charge in [-0.05, 0) is 13.8 Å². The van der Waals surface area contributed by atoms with Crippen LogP contribution in [0, 0.1) is 0 Å². The van der Waals surface area contributed by atoms with Gasteiger partial charge in [-0.1, -0.05) is 11.6 Å². The van der Waals surface area contributed by atoms with Crippen LogP contribution < -0.4 is 5.32 Å². The van der Waals surface area contributed by atoms with Gasteiger partial charge in [-0.2, -0.15) is 0 Å². The molecule has 4 nitrogen and oxygen atoms in total. The predicted molar refractivity (Wildman–Crippen MR) is 59.7 cm³/mol. The average molecular weight is 212 g/mol. The minimum Gasteiger partial charge on any atom is -0.378 e. The third-order valence-corrected chi connectivity index (χ3v) is 2.29. The van der Waals surface area contributed by atoms with Crippen molar-refractivity contribution in [1.82, 2.24) is 10.2 Å². The molecular weight excluding hydrogens is 192 g/mol. The predicted octanol–water partition coefficient (Wildman–Crippen LogP) is 0.401. The number of rotatable bonds is 4. The summed E-state index contributed by atoms with van der Waals surface area (Å²) in [6.45, 7) is 8.06. The molecule has 0 radical (unpaired) electrons. The molecule has 1 N–H and O–H groups in total. The van der Waals surface area contributed by atoms with Crippen molar-refractivity contribution in [2.75, 3.05) is 39.4 Å². The SMILES string of the molecule is CC(C)=CCNCC(=O)N1CCOCC1. The van der Waals surface area contributed by atoms with Crippen LogP contribution in [-0.2, 0) is 9.53 Å². The topological polar surface area (TPSA) is 41.6 Å². The Hall–Kier alpha value is -0.870.